The topological polar surface area (TPSA) is 89.7 Å². The second-order valence-corrected chi connectivity index (χ2v) is 8.87. The van der Waals surface area contributed by atoms with Gasteiger partial charge in [-0.3, -0.25) is 4.79 Å². The lowest BCUT2D eigenvalue weighted by Crippen LogP contribution is -2.36. The van der Waals surface area contributed by atoms with E-state index in [9.17, 15) is 13.2 Å². The molecule has 0 unspecified atom stereocenters. The highest BCUT2D eigenvalue weighted by atomic mass is 32.2. The predicted octanol–water partition coefficient (Wildman–Crippen LogP) is 2.22. The summed E-state index contributed by atoms with van der Waals surface area (Å²) in [6.45, 7) is 1.29. The average molecular weight is 380 g/mol. The van der Waals surface area contributed by atoms with Crippen molar-refractivity contribution in [2.24, 2.45) is 5.73 Å². The molecule has 0 bridgehead atoms. The Balaban J connectivity index is 1.87. The smallest absolute Gasteiger partial charge is 0.248 e. The number of thiophene rings is 1. The first-order chi connectivity index (χ1) is 12.0. The van der Waals surface area contributed by atoms with Crippen LogP contribution in [0.5, 0.6) is 0 Å². The monoisotopic (exact) mass is 380 g/mol. The van der Waals surface area contributed by atoms with Crippen LogP contribution in [0.25, 0.3) is 0 Å². The van der Waals surface area contributed by atoms with Crippen molar-refractivity contribution in [2.75, 3.05) is 13.2 Å². The minimum Gasteiger partial charge on any atom is -0.377 e. The number of carbonyl (C=O) groups excluding carboxylic acids is 1. The third kappa shape index (κ3) is 4.27. The Morgan fingerprint density at radius 3 is 2.60 bits per heavy atom. The number of amides is 1. The highest BCUT2D eigenvalue weighted by Crippen LogP contribution is 2.24. The number of ether oxygens (including phenoxy) is 1. The molecule has 1 saturated heterocycles. The van der Waals surface area contributed by atoms with E-state index in [1.54, 1.807) is 0 Å². The van der Waals surface area contributed by atoms with Gasteiger partial charge >= 0.3 is 0 Å². The van der Waals surface area contributed by atoms with Crippen LogP contribution in [0.15, 0.2) is 46.7 Å². The molecular weight excluding hydrogens is 360 g/mol. The van der Waals surface area contributed by atoms with Crippen molar-refractivity contribution in [2.45, 2.75) is 30.4 Å². The van der Waals surface area contributed by atoms with Crippen LogP contribution >= 0.6 is 11.3 Å². The van der Waals surface area contributed by atoms with E-state index in [-0.39, 0.29) is 16.6 Å². The summed E-state index contributed by atoms with van der Waals surface area (Å²) in [6, 6.07) is 9.53. The van der Waals surface area contributed by atoms with E-state index in [0.29, 0.717) is 19.7 Å². The summed E-state index contributed by atoms with van der Waals surface area (Å²) in [6.07, 6.45) is 1.72. The molecule has 25 heavy (non-hydrogen) atoms. The van der Waals surface area contributed by atoms with E-state index >= 15 is 0 Å². The standard InChI is InChI=1S/C17H20N2O4S2/c18-17(20)13-5-7-16(8-6-13)25(21,22)19(11-14-3-1-9-23-14)12-15-4-2-10-24-15/h2,4-8,10,14H,1,3,9,11-12H2,(H2,18,20)/t14-/m1/s1. The van der Waals surface area contributed by atoms with E-state index in [0.717, 1.165) is 17.7 Å². The zero-order chi connectivity index (χ0) is 17.9. The Kier molecular flexibility index (Phi) is 5.53. The van der Waals surface area contributed by atoms with Crippen molar-refractivity contribution in [3.05, 3.63) is 52.2 Å². The molecule has 1 amide bonds. The molecule has 8 heteroatoms. The summed E-state index contributed by atoms with van der Waals surface area (Å²) >= 11 is 1.52. The number of hydrogen-bond donors (Lipinski definition) is 1. The Bertz CT molecular complexity index is 811. The summed E-state index contributed by atoms with van der Waals surface area (Å²) in [7, 11) is -3.70. The lowest BCUT2D eigenvalue weighted by molar-refractivity contribution is 0.0927. The van der Waals surface area contributed by atoms with Gasteiger partial charge in [0.25, 0.3) is 0 Å². The molecule has 1 aromatic carbocycles. The van der Waals surface area contributed by atoms with Crippen LogP contribution in [0.4, 0.5) is 0 Å². The van der Waals surface area contributed by atoms with Gasteiger partial charge in [-0.25, -0.2) is 8.42 Å². The molecule has 2 aromatic rings. The maximum absolute atomic E-state index is 13.1. The molecular formula is C17H20N2O4S2. The second-order valence-electron chi connectivity index (χ2n) is 5.90. The molecule has 0 radical (unpaired) electrons. The van der Waals surface area contributed by atoms with Crippen LogP contribution in [-0.4, -0.2) is 37.9 Å². The number of primary amides is 1. The Morgan fingerprint density at radius 1 is 1.28 bits per heavy atom. The molecule has 1 fully saturated rings. The second kappa shape index (κ2) is 7.65. The normalized spacial score (nSPS) is 17.9. The number of rotatable bonds is 7. The Labute approximate surface area is 151 Å². The summed E-state index contributed by atoms with van der Waals surface area (Å²) in [5.41, 5.74) is 5.50. The maximum Gasteiger partial charge on any atom is 0.248 e. The van der Waals surface area contributed by atoms with E-state index in [2.05, 4.69) is 0 Å². The van der Waals surface area contributed by atoms with Gasteiger partial charge in [0, 0.05) is 30.1 Å². The fraction of sp³-hybridized carbons (Fsp3) is 0.353. The quantitative estimate of drug-likeness (QED) is 0.797. The molecule has 0 aliphatic carbocycles. The number of sulfonamides is 1. The number of benzene rings is 1. The third-order valence-corrected chi connectivity index (χ3v) is 6.81. The van der Waals surface area contributed by atoms with Crippen molar-refractivity contribution in [1.82, 2.24) is 4.31 Å². The minimum atomic E-state index is -3.70. The molecule has 0 spiro atoms. The van der Waals surface area contributed by atoms with Crippen molar-refractivity contribution in [3.63, 3.8) is 0 Å². The van der Waals surface area contributed by atoms with E-state index in [4.69, 9.17) is 10.5 Å². The maximum atomic E-state index is 13.1. The third-order valence-electron chi connectivity index (χ3n) is 4.12. The van der Waals surface area contributed by atoms with Gasteiger partial charge in [-0.2, -0.15) is 4.31 Å². The highest BCUT2D eigenvalue weighted by Gasteiger charge is 2.29. The molecule has 1 aliphatic rings. The first-order valence-corrected chi connectivity index (χ1v) is 10.3. The zero-order valence-corrected chi connectivity index (χ0v) is 15.3. The summed E-state index contributed by atoms with van der Waals surface area (Å²) in [4.78, 5) is 12.3. The number of carbonyl (C=O) groups is 1. The minimum absolute atomic E-state index is 0.0837. The summed E-state index contributed by atoms with van der Waals surface area (Å²) in [5, 5.41) is 1.92. The number of nitrogens with zero attached hydrogens (tertiary/aromatic N) is 1. The molecule has 1 aliphatic heterocycles. The van der Waals surface area contributed by atoms with Gasteiger partial charge < -0.3 is 10.5 Å². The first kappa shape index (κ1) is 18.1. The number of nitrogens with two attached hydrogens (primary N) is 1. The fourth-order valence-corrected chi connectivity index (χ4v) is 5.03. The van der Waals surface area contributed by atoms with Crippen LogP contribution in [0, 0.1) is 0 Å². The zero-order valence-electron chi connectivity index (χ0n) is 13.6. The van der Waals surface area contributed by atoms with Gasteiger partial charge in [-0.05, 0) is 48.6 Å². The van der Waals surface area contributed by atoms with Gasteiger partial charge in [-0.15, -0.1) is 11.3 Å². The van der Waals surface area contributed by atoms with Crippen LogP contribution in [-0.2, 0) is 21.3 Å². The van der Waals surface area contributed by atoms with Crippen molar-refractivity contribution < 1.29 is 17.9 Å². The SMILES string of the molecule is NC(=O)c1ccc(S(=O)(=O)N(Cc2cccs2)C[C@H]2CCCO2)cc1. The van der Waals surface area contributed by atoms with Crippen LogP contribution in [0.3, 0.4) is 0 Å². The van der Waals surface area contributed by atoms with E-state index in [1.807, 2.05) is 17.5 Å². The molecule has 6 nitrogen and oxygen atoms in total. The van der Waals surface area contributed by atoms with E-state index in [1.165, 1.54) is 39.9 Å². The molecule has 1 aromatic heterocycles. The average Bonchev–Trinajstić information content (AvgIpc) is 3.28. The van der Waals surface area contributed by atoms with Gasteiger partial charge in [0.05, 0.1) is 11.0 Å². The summed E-state index contributed by atoms with van der Waals surface area (Å²) in [5.74, 6) is -0.584. The Morgan fingerprint density at radius 2 is 2.04 bits per heavy atom. The lowest BCUT2D eigenvalue weighted by atomic mass is 10.2. The predicted molar refractivity (Wildman–Crippen MR) is 95.8 cm³/mol. The molecule has 1 atom stereocenters. The van der Waals surface area contributed by atoms with Crippen LogP contribution in [0.1, 0.15) is 28.1 Å². The van der Waals surface area contributed by atoms with Crippen molar-refractivity contribution >= 4 is 27.3 Å². The van der Waals surface area contributed by atoms with Gasteiger partial charge in [0.1, 0.15) is 0 Å². The van der Waals surface area contributed by atoms with Crippen LogP contribution in [0.2, 0.25) is 0 Å². The lowest BCUT2D eigenvalue weighted by Gasteiger charge is -2.24. The Hall–Kier alpha value is -1.74. The van der Waals surface area contributed by atoms with Gasteiger partial charge in [-0.1, -0.05) is 6.07 Å². The van der Waals surface area contributed by atoms with Crippen LogP contribution < -0.4 is 5.73 Å². The molecule has 134 valence electrons. The number of hydrogen-bond acceptors (Lipinski definition) is 5. The molecule has 0 saturated carbocycles. The van der Waals surface area contributed by atoms with Crippen molar-refractivity contribution in [1.29, 1.82) is 0 Å². The fourth-order valence-electron chi connectivity index (χ4n) is 2.78. The van der Waals surface area contributed by atoms with E-state index < -0.39 is 15.9 Å². The molecule has 2 heterocycles. The van der Waals surface area contributed by atoms with Gasteiger partial charge in [0.2, 0.25) is 15.9 Å². The first-order valence-electron chi connectivity index (χ1n) is 8.01. The largest absolute Gasteiger partial charge is 0.377 e. The van der Waals surface area contributed by atoms with Gasteiger partial charge in [0.15, 0.2) is 0 Å². The molecule has 3 rings (SSSR count). The summed E-state index contributed by atoms with van der Waals surface area (Å²) < 4.78 is 33.2. The highest BCUT2D eigenvalue weighted by molar-refractivity contribution is 7.89. The molecule has 2 N–H and O–H groups in total. The van der Waals surface area contributed by atoms with Crippen molar-refractivity contribution in [3.8, 4) is 0 Å².